The normalized spacial score (nSPS) is 18.0. The molecule has 2 aliphatic heterocycles. The van der Waals surface area contributed by atoms with E-state index in [1.807, 2.05) is 0 Å². The molecule has 4 rings (SSSR count). The molecule has 3 N–H and O–H groups in total. The fourth-order valence-corrected chi connectivity index (χ4v) is 4.67. The summed E-state index contributed by atoms with van der Waals surface area (Å²) in [7, 11) is 0. The third kappa shape index (κ3) is 4.26. The summed E-state index contributed by atoms with van der Waals surface area (Å²) in [6.45, 7) is 2.76. The molecule has 2 aliphatic rings. The number of anilines is 1. The number of ether oxygens (including phenoxy) is 1. The van der Waals surface area contributed by atoms with Crippen LogP contribution in [0.15, 0.2) is 36.4 Å². The lowest BCUT2D eigenvalue weighted by atomic mass is 9.82. The summed E-state index contributed by atoms with van der Waals surface area (Å²) in [4.78, 5) is 27.2. The maximum Gasteiger partial charge on any atom is 0.254 e. The number of fused-ring (bicyclic) bond motifs is 1. The van der Waals surface area contributed by atoms with E-state index >= 15 is 0 Å². The topological polar surface area (TPSA) is 84.7 Å². The van der Waals surface area contributed by atoms with Crippen LogP contribution < -0.4 is 15.8 Å². The first-order valence-corrected chi connectivity index (χ1v) is 10.7. The van der Waals surface area contributed by atoms with Crippen molar-refractivity contribution in [3.05, 3.63) is 57.6 Å². The van der Waals surface area contributed by atoms with Crippen molar-refractivity contribution < 1.29 is 14.3 Å². The van der Waals surface area contributed by atoms with Gasteiger partial charge in [-0.15, -0.1) is 0 Å². The second kappa shape index (κ2) is 8.46. The molecule has 30 heavy (non-hydrogen) atoms. The molecule has 1 amide bonds. The summed E-state index contributed by atoms with van der Waals surface area (Å²) >= 11 is 12.2. The van der Waals surface area contributed by atoms with Gasteiger partial charge in [0.05, 0.1) is 27.6 Å². The van der Waals surface area contributed by atoms with E-state index in [0.717, 1.165) is 25.9 Å². The number of amides is 1. The van der Waals surface area contributed by atoms with Gasteiger partial charge in [0.25, 0.3) is 5.91 Å². The van der Waals surface area contributed by atoms with Gasteiger partial charge in [-0.1, -0.05) is 29.3 Å². The number of nitrogens with two attached hydrogens (primary N) is 1. The van der Waals surface area contributed by atoms with Crippen LogP contribution in [0.5, 0.6) is 5.75 Å². The molecule has 2 aromatic carbocycles. The Morgan fingerprint density at radius 3 is 2.57 bits per heavy atom. The van der Waals surface area contributed by atoms with Crippen molar-refractivity contribution in [3.63, 3.8) is 0 Å². The molecule has 1 spiro atoms. The van der Waals surface area contributed by atoms with Crippen molar-refractivity contribution in [3.8, 4) is 5.75 Å². The molecule has 6 nitrogen and oxygen atoms in total. The van der Waals surface area contributed by atoms with Crippen molar-refractivity contribution in [1.82, 2.24) is 10.2 Å². The number of likely N-dealkylation sites (tertiary alicyclic amines) is 1. The number of nitrogen functional groups attached to an aromatic ring is 1. The molecule has 158 valence electrons. The summed E-state index contributed by atoms with van der Waals surface area (Å²) in [5.41, 5.74) is 6.78. The zero-order valence-corrected chi connectivity index (χ0v) is 17.9. The van der Waals surface area contributed by atoms with E-state index < -0.39 is 5.60 Å². The van der Waals surface area contributed by atoms with Gasteiger partial charge >= 0.3 is 0 Å². The van der Waals surface area contributed by atoms with Gasteiger partial charge in [0.15, 0.2) is 5.78 Å². The van der Waals surface area contributed by atoms with Gasteiger partial charge in [-0.05, 0) is 30.3 Å². The molecular weight excluding hydrogens is 425 g/mol. The Hall–Kier alpha value is -2.28. The minimum atomic E-state index is -0.453. The fourth-order valence-electron chi connectivity index (χ4n) is 4.11. The van der Waals surface area contributed by atoms with E-state index in [1.165, 1.54) is 0 Å². The van der Waals surface area contributed by atoms with Gasteiger partial charge in [-0.25, -0.2) is 0 Å². The number of hydrogen-bond acceptors (Lipinski definition) is 5. The number of benzene rings is 2. The van der Waals surface area contributed by atoms with E-state index in [9.17, 15) is 9.59 Å². The van der Waals surface area contributed by atoms with Gasteiger partial charge in [0, 0.05) is 44.7 Å². The third-order valence-electron chi connectivity index (χ3n) is 5.78. The standard InChI is InChI=1S/C22H23Cl2N3O3/c23-16-2-1-3-17(24)20(16)21(29)26-8-11-27-9-6-22(7-10-27)13-18(28)15-12-14(25)4-5-19(15)30-22/h1-5,12H,6-11,13,25H2,(H,26,29). The highest BCUT2D eigenvalue weighted by Crippen LogP contribution is 2.39. The third-order valence-corrected chi connectivity index (χ3v) is 6.41. The lowest BCUT2D eigenvalue weighted by Crippen LogP contribution is -2.52. The van der Waals surface area contributed by atoms with Crippen LogP contribution in [0.25, 0.3) is 0 Å². The molecule has 0 aromatic heterocycles. The lowest BCUT2D eigenvalue weighted by Gasteiger charge is -2.44. The number of piperidine rings is 1. The van der Waals surface area contributed by atoms with Crippen molar-refractivity contribution in [2.45, 2.75) is 24.9 Å². The Morgan fingerprint density at radius 1 is 1.17 bits per heavy atom. The quantitative estimate of drug-likeness (QED) is 0.696. The first-order valence-electron chi connectivity index (χ1n) is 9.93. The monoisotopic (exact) mass is 447 g/mol. The van der Waals surface area contributed by atoms with Crippen LogP contribution in [0.4, 0.5) is 5.69 Å². The number of hydrogen-bond donors (Lipinski definition) is 2. The molecule has 1 fully saturated rings. The lowest BCUT2D eigenvalue weighted by molar-refractivity contribution is -0.00863. The molecule has 0 atom stereocenters. The Balaban J connectivity index is 1.30. The van der Waals surface area contributed by atoms with Gasteiger partial charge in [0.1, 0.15) is 11.4 Å². The SMILES string of the molecule is Nc1ccc2c(c1)C(=O)CC1(CCN(CCNC(=O)c3c(Cl)cccc3Cl)CC1)O2. The molecule has 1 saturated heterocycles. The van der Waals surface area contributed by atoms with E-state index in [4.69, 9.17) is 33.7 Å². The number of nitrogens with one attached hydrogen (secondary N) is 1. The molecule has 8 heteroatoms. The van der Waals surface area contributed by atoms with Gasteiger partial charge in [-0.3, -0.25) is 9.59 Å². The molecular formula is C22H23Cl2N3O3. The van der Waals surface area contributed by atoms with E-state index in [0.29, 0.717) is 52.1 Å². The predicted octanol–water partition coefficient (Wildman–Crippen LogP) is 3.81. The number of Topliss-reactive ketones (excluding diaryl/α,β-unsaturated/α-hetero) is 1. The average molecular weight is 448 g/mol. The Kier molecular flexibility index (Phi) is 5.91. The van der Waals surface area contributed by atoms with Crippen molar-refractivity contribution in [2.75, 3.05) is 31.9 Å². The highest BCUT2D eigenvalue weighted by atomic mass is 35.5. The van der Waals surface area contributed by atoms with Crippen molar-refractivity contribution in [1.29, 1.82) is 0 Å². The fraction of sp³-hybridized carbons (Fsp3) is 0.364. The number of ketones is 1. The van der Waals surface area contributed by atoms with E-state index in [2.05, 4.69) is 10.2 Å². The predicted molar refractivity (Wildman–Crippen MR) is 118 cm³/mol. The van der Waals surface area contributed by atoms with Crippen molar-refractivity contribution in [2.24, 2.45) is 0 Å². The smallest absolute Gasteiger partial charge is 0.254 e. The summed E-state index contributed by atoms with van der Waals surface area (Å²) in [5.74, 6) is 0.426. The molecule has 2 heterocycles. The van der Waals surface area contributed by atoms with Gasteiger partial charge in [-0.2, -0.15) is 0 Å². The van der Waals surface area contributed by atoms with Crippen LogP contribution in [0.1, 0.15) is 40.0 Å². The number of halogens is 2. The summed E-state index contributed by atoms with van der Waals surface area (Å²) in [6.07, 6.45) is 1.89. The average Bonchev–Trinajstić information content (AvgIpc) is 2.70. The zero-order valence-electron chi connectivity index (χ0n) is 16.4. The first-order chi connectivity index (χ1) is 14.4. The van der Waals surface area contributed by atoms with Crippen LogP contribution in [0.2, 0.25) is 10.0 Å². The van der Waals surface area contributed by atoms with Crippen LogP contribution in [0, 0.1) is 0 Å². The van der Waals surface area contributed by atoms with Gasteiger partial charge in [0.2, 0.25) is 0 Å². The second-order valence-corrected chi connectivity index (χ2v) is 8.65. The maximum atomic E-state index is 12.6. The first kappa shape index (κ1) is 21.0. The number of nitrogens with zero attached hydrogens (tertiary/aromatic N) is 1. The van der Waals surface area contributed by atoms with Crippen LogP contribution >= 0.6 is 23.2 Å². The zero-order chi connectivity index (χ0) is 21.3. The summed E-state index contributed by atoms with van der Waals surface area (Å²) < 4.78 is 6.26. The van der Waals surface area contributed by atoms with Crippen molar-refractivity contribution >= 4 is 40.6 Å². The molecule has 0 unspecified atom stereocenters. The Labute approximate surface area is 185 Å². The minimum Gasteiger partial charge on any atom is -0.486 e. The molecule has 0 bridgehead atoms. The minimum absolute atomic E-state index is 0.0841. The molecule has 0 radical (unpaired) electrons. The number of carbonyl (C=O) groups is 2. The number of carbonyl (C=O) groups excluding carboxylic acids is 2. The molecule has 0 saturated carbocycles. The summed E-state index contributed by atoms with van der Waals surface area (Å²) in [6, 6.07) is 10.2. The maximum absolute atomic E-state index is 12.6. The van der Waals surface area contributed by atoms with E-state index in [-0.39, 0.29) is 11.7 Å². The number of rotatable bonds is 4. The highest BCUT2D eigenvalue weighted by molar-refractivity contribution is 6.39. The Morgan fingerprint density at radius 2 is 1.87 bits per heavy atom. The molecule has 2 aromatic rings. The largest absolute Gasteiger partial charge is 0.486 e. The van der Waals surface area contributed by atoms with Crippen LogP contribution in [-0.2, 0) is 0 Å². The molecule has 0 aliphatic carbocycles. The van der Waals surface area contributed by atoms with Gasteiger partial charge < -0.3 is 20.7 Å². The summed E-state index contributed by atoms with van der Waals surface area (Å²) in [5, 5.41) is 3.55. The Bertz CT molecular complexity index is 967. The second-order valence-electron chi connectivity index (χ2n) is 7.83. The van der Waals surface area contributed by atoms with Crippen LogP contribution in [-0.4, -0.2) is 48.4 Å². The van der Waals surface area contributed by atoms with E-state index in [1.54, 1.807) is 36.4 Å². The highest BCUT2D eigenvalue weighted by Gasteiger charge is 2.42. The van der Waals surface area contributed by atoms with Crippen LogP contribution in [0.3, 0.4) is 0 Å².